The third-order valence-electron chi connectivity index (χ3n) is 3.03. The number of anilines is 2. The van der Waals surface area contributed by atoms with Crippen molar-refractivity contribution in [2.45, 2.75) is 26.7 Å². The van der Waals surface area contributed by atoms with Gasteiger partial charge in [-0.05, 0) is 25.0 Å². The van der Waals surface area contributed by atoms with E-state index >= 15 is 0 Å². The first-order valence-electron chi connectivity index (χ1n) is 6.64. The molecule has 0 aliphatic carbocycles. The first-order chi connectivity index (χ1) is 10.1. The highest BCUT2D eigenvalue weighted by Crippen LogP contribution is 2.17. The van der Waals surface area contributed by atoms with Crippen molar-refractivity contribution in [3.05, 3.63) is 41.0 Å². The van der Waals surface area contributed by atoms with E-state index < -0.39 is 11.7 Å². The maximum Gasteiger partial charge on any atom is 0.260 e. The molecule has 0 atom stereocenters. The molecule has 1 aromatic carbocycles. The molecule has 110 valence electrons. The summed E-state index contributed by atoms with van der Waals surface area (Å²) in [6.07, 6.45) is 1.40. The van der Waals surface area contributed by atoms with Crippen molar-refractivity contribution in [2.24, 2.45) is 0 Å². The number of carbonyl (C=O) groups excluding carboxylic acids is 1. The van der Waals surface area contributed by atoms with Crippen molar-refractivity contribution in [2.75, 3.05) is 11.1 Å². The Morgan fingerprint density at radius 1 is 1.24 bits per heavy atom. The van der Waals surface area contributed by atoms with Crippen molar-refractivity contribution < 1.29 is 9.18 Å². The highest BCUT2D eigenvalue weighted by Gasteiger charge is 2.15. The van der Waals surface area contributed by atoms with Gasteiger partial charge in [-0.15, -0.1) is 10.2 Å². The number of carbonyl (C=O) groups is 1. The second-order valence-electron chi connectivity index (χ2n) is 4.39. The zero-order valence-electron chi connectivity index (χ0n) is 11.9. The fourth-order valence-corrected chi connectivity index (χ4v) is 1.89. The van der Waals surface area contributed by atoms with Gasteiger partial charge in [0.15, 0.2) is 0 Å². The number of benzene rings is 1. The van der Waals surface area contributed by atoms with Gasteiger partial charge < -0.3 is 5.73 Å². The molecule has 0 fully saturated rings. The second kappa shape index (κ2) is 6.25. The van der Waals surface area contributed by atoms with Crippen LogP contribution in [0.4, 0.5) is 16.0 Å². The summed E-state index contributed by atoms with van der Waals surface area (Å²) >= 11 is 0. The summed E-state index contributed by atoms with van der Waals surface area (Å²) in [5.74, 6) is -1.13. The highest BCUT2D eigenvalue weighted by molar-refractivity contribution is 6.06. The molecule has 0 saturated heterocycles. The summed E-state index contributed by atoms with van der Waals surface area (Å²) in [6, 6.07) is 4.04. The van der Waals surface area contributed by atoms with Gasteiger partial charge in [-0.1, -0.05) is 19.9 Å². The molecule has 0 radical (unpaired) electrons. The molecule has 0 spiro atoms. The molecule has 0 aliphatic rings. The monoisotopic (exact) mass is 289 g/mol. The number of para-hydroxylation sites is 1. The van der Waals surface area contributed by atoms with Crippen LogP contribution in [0.25, 0.3) is 0 Å². The van der Waals surface area contributed by atoms with Gasteiger partial charge in [0.2, 0.25) is 5.95 Å². The van der Waals surface area contributed by atoms with E-state index in [0.29, 0.717) is 12.8 Å². The van der Waals surface area contributed by atoms with E-state index in [1.54, 1.807) is 0 Å². The minimum Gasteiger partial charge on any atom is -0.396 e. The number of hydrogen-bond donors (Lipinski definition) is 2. The minimum absolute atomic E-state index is 0.0382. The van der Waals surface area contributed by atoms with Gasteiger partial charge in [0.1, 0.15) is 5.82 Å². The zero-order valence-corrected chi connectivity index (χ0v) is 11.9. The van der Waals surface area contributed by atoms with Gasteiger partial charge in [0.05, 0.1) is 22.6 Å². The van der Waals surface area contributed by atoms with E-state index in [0.717, 1.165) is 11.4 Å². The lowest BCUT2D eigenvalue weighted by molar-refractivity contribution is 0.102. The molecule has 1 amide bonds. The lowest BCUT2D eigenvalue weighted by atomic mass is 10.1. The minimum atomic E-state index is -0.641. The number of nitrogen functional groups attached to an aromatic ring is 1. The van der Waals surface area contributed by atoms with Gasteiger partial charge in [0.25, 0.3) is 5.91 Å². The van der Waals surface area contributed by atoms with Gasteiger partial charge in [-0.2, -0.15) is 0 Å². The number of amides is 1. The van der Waals surface area contributed by atoms with Gasteiger partial charge in [-0.25, -0.2) is 9.37 Å². The van der Waals surface area contributed by atoms with Crippen LogP contribution in [0.15, 0.2) is 18.2 Å². The third kappa shape index (κ3) is 3.13. The van der Waals surface area contributed by atoms with Crippen LogP contribution < -0.4 is 11.1 Å². The Morgan fingerprint density at radius 2 is 1.95 bits per heavy atom. The number of halogens is 1. The lowest BCUT2D eigenvalue weighted by Gasteiger charge is -2.08. The number of rotatable bonds is 4. The SMILES string of the molecule is CCc1nnc(NC(=O)c2cccc(F)c2N)nc1CC. The largest absolute Gasteiger partial charge is 0.396 e. The average Bonchev–Trinajstić information content (AvgIpc) is 2.49. The van der Waals surface area contributed by atoms with Gasteiger partial charge >= 0.3 is 0 Å². The van der Waals surface area contributed by atoms with Crippen molar-refractivity contribution >= 4 is 17.5 Å². The lowest BCUT2D eigenvalue weighted by Crippen LogP contribution is -2.18. The second-order valence-corrected chi connectivity index (χ2v) is 4.39. The van der Waals surface area contributed by atoms with Crippen molar-refractivity contribution in [3.63, 3.8) is 0 Å². The summed E-state index contributed by atoms with van der Waals surface area (Å²) < 4.78 is 13.3. The molecule has 6 nitrogen and oxygen atoms in total. The number of aryl methyl sites for hydroxylation is 2. The fourth-order valence-electron chi connectivity index (χ4n) is 1.89. The summed E-state index contributed by atoms with van der Waals surface area (Å²) in [6.45, 7) is 3.90. The molecule has 2 rings (SSSR count). The van der Waals surface area contributed by atoms with Gasteiger partial charge in [0, 0.05) is 0 Å². The molecule has 0 unspecified atom stereocenters. The molecule has 3 N–H and O–H groups in total. The Kier molecular flexibility index (Phi) is 4.42. The van der Waals surface area contributed by atoms with Crippen molar-refractivity contribution in [1.82, 2.24) is 15.2 Å². The summed E-state index contributed by atoms with van der Waals surface area (Å²) in [7, 11) is 0. The van der Waals surface area contributed by atoms with E-state index in [1.807, 2.05) is 13.8 Å². The van der Waals surface area contributed by atoms with Crippen LogP contribution in [-0.4, -0.2) is 21.1 Å². The van der Waals surface area contributed by atoms with Gasteiger partial charge in [-0.3, -0.25) is 10.1 Å². The van der Waals surface area contributed by atoms with E-state index in [4.69, 9.17) is 5.73 Å². The molecule has 1 aromatic heterocycles. The Morgan fingerprint density at radius 3 is 2.62 bits per heavy atom. The molecule has 0 bridgehead atoms. The predicted octanol–water partition coefficient (Wildman–Crippen LogP) is 1.97. The smallest absolute Gasteiger partial charge is 0.260 e. The number of nitrogens with two attached hydrogens (primary N) is 1. The molecule has 7 heteroatoms. The Hall–Kier alpha value is -2.57. The van der Waals surface area contributed by atoms with E-state index in [-0.39, 0.29) is 17.2 Å². The standard InChI is InChI=1S/C14H16FN5O/c1-3-10-11(4-2)19-20-14(17-10)18-13(21)8-6-5-7-9(15)12(8)16/h5-7H,3-4,16H2,1-2H3,(H,17,18,20,21). The quantitative estimate of drug-likeness (QED) is 0.839. The molecule has 0 saturated carbocycles. The van der Waals surface area contributed by atoms with E-state index in [9.17, 15) is 9.18 Å². The molecular weight excluding hydrogens is 273 g/mol. The van der Waals surface area contributed by atoms with Crippen LogP contribution in [-0.2, 0) is 12.8 Å². The Balaban J connectivity index is 2.25. The summed E-state index contributed by atoms with van der Waals surface area (Å²) in [4.78, 5) is 16.3. The molecule has 2 aromatic rings. The zero-order chi connectivity index (χ0) is 15.4. The van der Waals surface area contributed by atoms with Crippen LogP contribution in [0.5, 0.6) is 0 Å². The van der Waals surface area contributed by atoms with Crippen molar-refractivity contribution in [3.8, 4) is 0 Å². The normalized spacial score (nSPS) is 10.4. The van der Waals surface area contributed by atoms with Crippen LogP contribution in [0.1, 0.15) is 35.6 Å². The first kappa shape index (κ1) is 14.8. The number of hydrogen-bond acceptors (Lipinski definition) is 5. The molecule has 0 aliphatic heterocycles. The maximum absolute atomic E-state index is 13.3. The molecule has 21 heavy (non-hydrogen) atoms. The number of nitrogens with zero attached hydrogens (tertiary/aromatic N) is 3. The highest BCUT2D eigenvalue weighted by atomic mass is 19.1. The van der Waals surface area contributed by atoms with Crippen LogP contribution >= 0.6 is 0 Å². The van der Waals surface area contributed by atoms with E-state index in [2.05, 4.69) is 20.5 Å². The third-order valence-corrected chi connectivity index (χ3v) is 3.03. The number of aromatic nitrogens is 3. The summed E-state index contributed by atoms with van der Waals surface area (Å²) in [5, 5.41) is 10.4. The predicted molar refractivity (Wildman–Crippen MR) is 77.3 cm³/mol. The Labute approximate surface area is 121 Å². The number of nitrogens with one attached hydrogen (secondary N) is 1. The Bertz CT molecular complexity index is 674. The maximum atomic E-state index is 13.3. The van der Waals surface area contributed by atoms with Crippen molar-refractivity contribution in [1.29, 1.82) is 0 Å². The summed E-state index contributed by atoms with van der Waals surface area (Å²) in [5.41, 5.74) is 6.95. The van der Waals surface area contributed by atoms with Crippen LogP contribution in [0.3, 0.4) is 0 Å². The average molecular weight is 289 g/mol. The fraction of sp³-hybridized carbons (Fsp3) is 0.286. The van der Waals surface area contributed by atoms with Crippen LogP contribution in [0.2, 0.25) is 0 Å². The molecular formula is C14H16FN5O. The first-order valence-corrected chi connectivity index (χ1v) is 6.64. The topological polar surface area (TPSA) is 93.8 Å². The van der Waals surface area contributed by atoms with E-state index in [1.165, 1.54) is 18.2 Å². The molecule has 1 heterocycles. The van der Waals surface area contributed by atoms with Crippen LogP contribution in [0, 0.1) is 5.82 Å².